The zero-order chi connectivity index (χ0) is 22.4. The molecule has 1 aliphatic rings. The molecule has 0 saturated heterocycles. The molecule has 2 aromatic rings. The van der Waals surface area contributed by atoms with Crippen molar-refractivity contribution in [2.24, 2.45) is 4.99 Å². The third-order valence-electron chi connectivity index (χ3n) is 5.32. The fraction of sp³-hybridized carbons (Fsp3) is 0.391. The van der Waals surface area contributed by atoms with Crippen LogP contribution in [0.25, 0.3) is 0 Å². The molecule has 3 rings (SSSR count). The summed E-state index contributed by atoms with van der Waals surface area (Å²) in [5, 5.41) is 15.7. The lowest BCUT2D eigenvalue weighted by molar-refractivity contribution is -0.138. The van der Waals surface area contributed by atoms with Gasteiger partial charge in [-0.05, 0) is 56.4 Å². The maximum absolute atomic E-state index is 13.3. The summed E-state index contributed by atoms with van der Waals surface area (Å²) in [6.45, 7) is 1.76. The molecule has 8 heteroatoms. The van der Waals surface area contributed by atoms with Crippen molar-refractivity contribution in [1.29, 1.82) is 0 Å². The highest BCUT2D eigenvalue weighted by Gasteiger charge is 2.32. The van der Waals surface area contributed by atoms with Crippen molar-refractivity contribution in [3.63, 3.8) is 0 Å². The second-order valence-electron chi connectivity index (χ2n) is 7.79. The molecule has 0 heterocycles. The number of aliphatic hydroxyl groups is 1. The summed E-state index contributed by atoms with van der Waals surface area (Å²) in [7, 11) is 0. The SMILES string of the molecule is Cc1ccc(C(=O)/N=C(/NCc2ccccc2C(F)(F)F)N[C@H]2CC[C@H](O)CC2)cc1. The van der Waals surface area contributed by atoms with Crippen LogP contribution in [0.5, 0.6) is 0 Å². The molecule has 1 aliphatic carbocycles. The van der Waals surface area contributed by atoms with Crippen LogP contribution in [0.15, 0.2) is 53.5 Å². The van der Waals surface area contributed by atoms with E-state index in [4.69, 9.17) is 0 Å². The molecular weight excluding hydrogens is 407 g/mol. The highest BCUT2D eigenvalue weighted by molar-refractivity contribution is 6.02. The quantitative estimate of drug-likeness (QED) is 0.499. The van der Waals surface area contributed by atoms with Crippen molar-refractivity contribution in [3.05, 3.63) is 70.8 Å². The first-order valence-electron chi connectivity index (χ1n) is 10.3. The third-order valence-corrected chi connectivity index (χ3v) is 5.32. The number of rotatable bonds is 4. The molecule has 1 amide bonds. The van der Waals surface area contributed by atoms with Crippen molar-refractivity contribution in [1.82, 2.24) is 10.6 Å². The van der Waals surface area contributed by atoms with E-state index in [-0.39, 0.29) is 30.2 Å². The van der Waals surface area contributed by atoms with Gasteiger partial charge < -0.3 is 15.7 Å². The normalized spacial score (nSPS) is 19.7. The van der Waals surface area contributed by atoms with Gasteiger partial charge in [0.25, 0.3) is 5.91 Å². The van der Waals surface area contributed by atoms with Crippen LogP contribution in [0, 0.1) is 6.92 Å². The molecule has 0 aliphatic heterocycles. The summed E-state index contributed by atoms with van der Waals surface area (Å²) in [6, 6.07) is 12.2. The minimum absolute atomic E-state index is 0.0293. The lowest BCUT2D eigenvalue weighted by atomic mass is 9.93. The molecular formula is C23H26F3N3O2. The van der Waals surface area contributed by atoms with Crippen LogP contribution in [-0.2, 0) is 12.7 Å². The van der Waals surface area contributed by atoms with Crippen LogP contribution >= 0.6 is 0 Å². The lowest BCUT2D eigenvalue weighted by Crippen LogP contribution is -2.45. The predicted octanol–water partition coefficient (Wildman–Crippen LogP) is 4.19. The average Bonchev–Trinajstić information content (AvgIpc) is 2.73. The maximum Gasteiger partial charge on any atom is 0.416 e. The van der Waals surface area contributed by atoms with Gasteiger partial charge in [-0.15, -0.1) is 0 Å². The standard InChI is InChI=1S/C23H26F3N3O2/c1-15-6-8-16(9-7-15)21(31)29-22(28-18-10-12-19(30)13-11-18)27-14-17-4-2-3-5-20(17)23(24,25)26/h2-9,18-19,30H,10-14H2,1H3,(H2,27,28,29,31)/t18-,19-. The van der Waals surface area contributed by atoms with Crippen LogP contribution in [0.3, 0.4) is 0 Å². The molecule has 3 N–H and O–H groups in total. The van der Waals surface area contributed by atoms with E-state index < -0.39 is 17.6 Å². The average molecular weight is 433 g/mol. The van der Waals surface area contributed by atoms with Gasteiger partial charge in [-0.1, -0.05) is 35.9 Å². The number of benzene rings is 2. The number of hydrogen-bond acceptors (Lipinski definition) is 2. The van der Waals surface area contributed by atoms with E-state index in [0.29, 0.717) is 31.2 Å². The van der Waals surface area contributed by atoms with E-state index in [0.717, 1.165) is 11.6 Å². The second kappa shape index (κ2) is 9.96. The van der Waals surface area contributed by atoms with Crippen molar-refractivity contribution < 1.29 is 23.1 Å². The Bertz CT molecular complexity index is 918. The fourth-order valence-corrected chi connectivity index (χ4v) is 3.53. The van der Waals surface area contributed by atoms with Gasteiger partial charge in [-0.3, -0.25) is 4.79 Å². The van der Waals surface area contributed by atoms with Crippen molar-refractivity contribution in [2.75, 3.05) is 0 Å². The molecule has 0 bridgehead atoms. The molecule has 0 aromatic heterocycles. The van der Waals surface area contributed by atoms with E-state index >= 15 is 0 Å². The van der Waals surface area contributed by atoms with Gasteiger partial charge in [-0.2, -0.15) is 18.2 Å². The number of carbonyl (C=O) groups excluding carboxylic acids is 1. The van der Waals surface area contributed by atoms with Gasteiger partial charge >= 0.3 is 6.18 Å². The summed E-state index contributed by atoms with van der Waals surface area (Å²) in [5.74, 6) is -0.362. The Balaban J connectivity index is 1.79. The monoisotopic (exact) mass is 433 g/mol. The van der Waals surface area contributed by atoms with Gasteiger partial charge in [0, 0.05) is 18.2 Å². The molecule has 0 unspecified atom stereocenters. The topological polar surface area (TPSA) is 73.7 Å². The maximum atomic E-state index is 13.3. The van der Waals surface area contributed by atoms with Gasteiger partial charge in [0.05, 0.1) is 11.7 Å². The number of nitrogens with one attached hydrogen (secondary N) is 2. The van der Waals surface area contributed by atoms with Crippen molar-refractivity contribution in [3.8, 4) is 0 Å². The first-order chi connectivity index (χ1) is 14.7. The Morgan fingerprint density at radius 1 is 1.06 bits per heavy atom. The number of guanidine groups is 1. The fourth-order valence-electron chi connectivity index (χ4n) is 3.53. The molecule has 166 valence electrons. The molecule has 0 atom stereocenters. The lowest BCUT2D eigenvalue weighted by Gasteiger charge is -2.27. The molecule has 1 saturated carbocycles. The first kappa shape index (κ1) is 22.8. The van der Waals surface area contributed by atoms with E-state index in [1.165, 1.54) is 18.2 Å². The van der Waals surface area contributed by atoms with Crippen LogP contribution in [0.2, 0.25) is 0 Å². The third kappa shape index (κ3) is 6.55. The Labute approximate surface area is 179 Å². The zero-order valence-corrected chi connectivity index (χ0v) is 17.2. The molecule has 1 fully saturated rings. The number of aliphatic hydroxyl groups excluding tert-OH is 1. The summed E-state index contributed by atoms with van der Waals surface area (Å²) in [6.07, 6.45) is -2.22. The van der Waals surface area contributed by atoms with Crippen LogP contribution in [0.4, 0.5) is 13.2 Å². The number of carbonyl (C=O) groups is 1. The zero-order valence-electron chi connectivity index (χ0n) is 17.2. The predicted molar refractivity (Wildman–Crippen MR) is 113 cm³/mol. The minimum atomic E-state index is -4.47. The van der Waals surface area contributed by atoms with Gasteiger partial charge in [0.2, 0.25) is 0 Å². The number of aryl methyl sites for hydroxylation is 1. The Kier molecular flexibility index (Phi) is 7.33. The first-order valence-corrected chi connectivity index (χ1v) is 10.3. The van der Waals surface area contributed by atoms with Crippen LogP contribution in [-0.4, -0.2) is 29.1 Å². The summed E-state index contributed by atoms with van der Waals surface area (Å²) < 4.78 is 39.9. The molecule has 0 radical (unpaired) electrons. The smallest absolute Gasteiger partial charge is 0.393 e. The molecule has 5 nitrogen and oxygen atoms in total. The summed E-state index contributed by atoms with van der Waals surface area (Å²) in [5.41, 5.74) is 0.724. The van der Waals surface area contributed by atoms with Crippen molar-refractivity contribution >= 4 is 11.9 Å². The van der Waals surface area contributed by atoms with E-state index in [1.807, 2.05) is 6.92 Å². The highest BCUT2D eigenvalue weighted by atomic mass is 19.4. The number of amides is 1. The summed E-state index contributed by atoms with van der Waals surface area (Å²) in [4.78, 5) is 16.7. The number of hydrogen-bond donors (Lipinski definition) is 3. The van der Waals surface area contributed by atoms with Crippen LogP contribution < -0.4 is 10.6 Å². The minimum Gasteiger partial charge on any atom is -0.393 e. The largest absolute Gasteiger partial charge is 0.416 e. The Hall–Kier alpha value is -2.87. The van der Waals surface area contributed by atoms with E-state index in [1.54, 1.807) is 24.3 Å². The van der Waals surface area contributed by atoms with E-state index in [2.05, 4.69) is 15.6 Å². The molecule has 2 aromatic carbocycles. The van der Waals surface area contributed by atoms with Gasteiger partial charge in [0.1, 0.15) is 0 Å². The number of aliphatic imine (C=N–C) groups is 1. The van der Waals surface area contributed by atoms with E-state index in [9.17, 15) is 23.1 Å². The van der Waals surface area contributed by atoms with Gasteiger partial charge in [-0.25, -0.2) is 0 Å². The highest BCUT2D eigenvalue weighted by Crippen LogP contribution is 2.31. The number of alkyl halides is 3. The molecule has 31 heavy (non-hydrogen) atoms. The Morgan fingerprint density at radius 3 is 2.35 bits per heavy atom. The molecule has 0 spiro atoms. The second-order valence-corrected chi connectivity index (χ2v) is 7.79. The summed E-state index contributed by atoms with van der Waals surface area (Å²) >= 11 is 0. The van der Waals surface area contributed by atoms with Crippen LogP contribution in [0.1, 0.15) is 52.7 Å². The Morgan fingerprint density at radius 2 is 1.71 bits per heavy atom. The van der Waals surface area contributed by atoms with Gasteiger partial charge in [0.15, 0.2) is 5.96 Å². The number of nitrogens with zero attached hydrogens (tertiary/aromatic N) is 1. The number of halogens is 3. The van der Waals surface area contributed by atoms with Crippen molar-refractivity contribution in [2.45, 2.75) is 57.5 Å².